The Bertz CT molecular complexity index is 382. The number of hydrogen-bond donors (Lipinski definition) is 0. The summed E-state index contributed by atoms with van der Waals surface area (Å²) in [5, 5.41) is 3.02. The summed E-state index contributed by atoms with van der Waals surface area (Å²) in [4.78, 5) is 0. The molecule has 0 aromatic carbocycles. The van der Waals surface area contributed by atoms with Crippen LogP contribution in [-0.4, -0.2) is 22.8 Å². The maximum Gasteiger partial charge on any atom is 0.398 e. The Hall–Kier alpha value is -0.383. The average molecular weight is 280 g/mol. The number of rotatable bonds is 4. The van der Waals surface area contributed by atoms with Gasteiger partial charge in [0.15, 0.2) is 0 Å². The van der Waals surface area contributed by atoms with Crippen molar-refractivity contribution < 1.29 is 8.85 Å². The van der Waals surface area contributed by atoms with Gasteiger partial charge in [-0.05, 0) is 61.8 Å². The van der Waals surface area contributed by atoms with E-state index in [0.29, 0.717) is 11.8 Å². The molecule has 0 spiro atoms. The van der Waals surface area contributed by atoms with Gasteiger partial charge in [0.2, 0.25) is 0 Å². The van der Waals surface area contributed by atoms with Crippen molar-refractivity contribution in [3.05, 3.63) is 21.5 Å². The summed E-state index contributed by atoms with van der Waals surface area (Å²) >= 11 is 0. The fraction of sp³-hybridized carbons (Fsp3) is 0.750. The highest BCUT2D eigenvalue weighted by Gasteiger charge is 2.49. The topological polar surface area (TPSA) is 18.5 Å². The van der Waals surface area contributed by atoms with Crippen molar-refractivity contribution >= 4 is 8.56 Å². The molecule has 0 saturated carbocycles. The Morgan fingerprint density at radius 1 is 0.842 bits per heavy atom. The Balaban J connectivity index is 2.51. The van der Waals surface area contributed by atoms with Crippen molar-refractivity contribution in [2.24, 2.45) is 11.8 Å². The van der Waals surface area contributed by atoms with Gasteiger partial charge in [0.25, 0.3) is 0 Å². The molecule has 2 nitrogen and oxygen atoms in total. The van der Waals surface area contributed by atoms with Crippen molar-refractivity contribution in [1.82, 2.24) is 0 Å². The lowest BCUT2D eigenvalue weighted by atomic mass is 10.1. The second-order valence-corrected chi connectivity index (χ2v) is 9.48. The molecule has 0 radical (unpaired) electrons. The van der Waals surface area contributed by atoms with E-state index in [2.05, 4.69) is 27.7 Å². The molecule has 2 unspecified atom stereocenters. The Labute approximate surface area is 119 Å². The highest BCUT2D eigenvalue weighted by molar-refractivity contribution is 6.82. The highest BCUT2D eigenvalue weighted by atomic mass is 28.4. The first-order chi connectivity index (χ1) is 8.97. The van der Waals surface area contributed by atoms with Crippen LogP contribution in [0.25, 0.3) is 0 Å². The molecule has 0 bridgehead atoms. The normalized spacial score (nSPS) is 28.7. The minimum absolute atomic E-state index is 0.687. The van der Waals surface area contributed by atoms with Crippen molar-refractivity contribution in [3.8, 4) is 0 Å². The molecular formula is C16H28O2Si. The third kappa shape index (κ3) is 2.26. The molecular weight excluding hydrogens is 252 g/mol. The van der Waals surface area contributed by atoms with Crippen LogP contribution in [0, 0.1) is 11.8 Å². The summed E-state index contributed by atoms with van der Waals surface area (Å²) in [6.45, 7) is 9.21. The van der Waals surface area contributed by atoms with E-state index >= 15 is 0 Å². The Morgan fingerprint density at radius 2 is 1.21 bits per heavy atom. The van der Waals surface area contributed by atoms with Crippen molar-refractivity contribution in [2.75, 3.05) is 14.2 Å². The number of allylic oxidation sites excluding steroid dienone is 4. The third-order valence-electron chi connectivity index (χ3n) is 5.45. The van der Waals surface area contributed by atoms with Crippen LogP contribution in [0.15, 0.2) is 21.5 Å². The number of hydrogen-bond acceptors (Lipinski definition) is 2. The van der Waals surface area contributed by atoms with Gasteiger partial charge < -0.3 is 8.85 Å². The molecule has 19 heavy (non-hydrogen) atoms. The van der Waals surface area contributed by atoms with Crippen molar-refractivity contribution in [3.63, 3.8) is 0 Å². The van der Waals surface area contributed by atoms with Gasteiger partial charge in [-0.25, -0.2) is 0 Å². The summed E-state index contributed by atoms with van der Waals surface area (Å²) in [6.07, 6.45) is 4.83. The van der Waals surface area contributed by atoms with Crippen LogP contribution in [-0.2, 0) is 8.85 Å². The molecule has 0 N–H and O–H groups in total. The van der Waals surface area contributed by atoms with Gasteiger partial charge in [-0.1, -0.05) is 25.0 Å². The van der Waals surface area contributed by atoms with Gasteiger partial charge in [0.05, 0.1) is 0 Å². The van der Waals surface area contributed by atoms with Crippen LogP contribution in [0.1, 0.15) is 53.4 Å². The van der Waals surface area contributed by atoms with E-state index in [1.165, 1.54) is 34.4 Å². The molecule has 2 aliphatic carbocycles. The van der Waals surface area contributed by atoms with E-state index in [-0.39, 0.29) is 0 Å². The van der Waals surface area contributed by atoms with E-state index in [0.717, 1.165) is 12.8 Å². The minimum atomic E-state index is -2.33. The Kier molecular flexibility index (Phi) is 4.38. The highest BCUT2D eigenvalue weighted by Crippen LogP contribution is 2.45. The van der Waals surface area contributed by atoms with Gasteiger partial charge in [0.1, 0.15) is 0 Å². The third-order valence-corrected chi connectivity index (χ3v) is 9.48. The monoisotopic (exact) mass is 280 g/mol. The first kappa shape index (κ1) is 15.0. The Morgan fingerprint density at radius 3 is 1.42 bits per heavy atom. The molecule has 0 fully saturated rings. The summed E-state index contributed by atoms with van der Waals surface area (Å²) < 4.78 is 12.2. The molecule has 108 valence electrons. The summed E-state index contributed by atoms with van der Waals surface area (Å²) in [5.74, 6) is 1.37. The van der Waals surface area contributed by atoms with E-state index in [1.807, 2.05) is 14.2 Å². The van der Waals surface area contributed by atoms with Gasteiger partial charge in [-0.3, -0.25) is 0 Å². The van der Waals surface area contributed by atoms with E-state index in [1.54, 1.807) is 0 Å². The second kappa shape index (κ2) is 5.55. The van der Waals surface area contributed by atoms with Gasteiger partial charge in [-0.15, -0.1) is 0 Å². The first-order valence-electron chi connectivity index (χ1n) is 7.48. The van der Waals surface area contributed by atoms with Crippen molar-refractivity contribution in [1.29, 1.82) is 0 Å². The average Bonchev–Trinajstić information content (AvgIpc) is 2.91. The molecule has 2 atom stereocenters. The molecule has 0 aliphatic heterocycles. The quantitative estimate of drug-likeness (QED) is 0.715. The molecule has 0 heterocycles. The maximum atomic E-state index is 6.09. The second-order valence-electron chi connectivity index (χ2n) is 6.23. The van der Waals surface area contributed by atoms with Crippen LogP contribution >= 0.6 is 0 Å². The molecule has 2 aliphatic rings. The molecule has 2 rings (SSSR count). The summed E-state index contributed by atoms with van der Waals surface area (Å²) in [7, 11) is 1.37. The van der Waals surface area contributed by atoms with Gasteiger partial charge in [-0.2, -0.15) is 0 Å². The zero-order chi connectivity index (χ0) is 14.2. The molecule has 0 amide bonds. The van der Waals surface area contributed by atoms with Crippen LogP contribution in [0.3, 0.4) is 0 Å². The maximum absolute atomic E-state index is 6.09. The molecule has 0 aromatic heterocycles. The van der Waals surface area contributed by atoms with E-state index in [9.17, 15) is 0 Å². The minimum Gasteiger partial charge on any atom is -0.391 e. The van der Waals surface area contributed by atoms with Crippen LogP contribution in [0.4, 0.5) is 0 Å². The SMILES string of the molecule is CO[Si](OC)(C1=C(C)C(C)CC1)C1=C(C)C(C)CC1. The molecule has 0 saturated heterocycles. The lowest BCUT2D eigenvalue weighted by Gasteiger charge is -2.32. The van der Waals surface area contributed by atoms with E-state index in [4.69, 9.17) is 8.85 Å². The zero-order valence-corrected chi connectivity index (χ0v) is 14.3. The standard InChI is InChI=1S/C16H28O2Si/c1-11-7-9-15(13(11)3)19(17-5,18-6)16-10-8-12(2)14(16)4/h11-12H,7-10H2,1-6H3. The summed E-state index contributed by atoms with van der Waals surface area (Å²) in [5.41, 5.74) is 3.05. The summed E-state index contributed by atoms with van der Waals surface area (Å²) in [6, 6.07) is 0. The fourth-order valence-corrected chi connectivity index (χ4v) is 7.74. The van der Waals surface area contributed by atoms with Crippen LogP contribution in [0.2, 0.25) is 0 Å². The largest absolute Gasteiger partial charge is 0.398 e. The molecule has 3 heteroatoms. The fourth-order valence-electron chi connectivity index (χ4n) is 3.75. The predicted molar refractivity (Wildman–Crippen MR) is 82.0 cm³/mol. The predicted octanol–water partition coefficient (Wildman–Crippen LogP) is 4.29. The first-order valence-corrected chi connectivity index (χ1v) is 9.30. The lowest BCUT2D eigenvalue weighted by molar-refractivity contribution is 0.259. The van der Waals surface area contributed by atoms with Crippen LogP contribution in [0.5, 0.6) is 0 Å². The van der Waals surface area contributed by atoms with Gasteiger partial charge >= 0.3 is 8.56 Å². The van der Waals surface area contributed by atoms with Crippen molar-refractivity contribution in [2.45, 2.75) is 53.4 Å². The molecule has 0 aromatic rings. The smallest absolute Gasteiger partial charge is 0.391 e. The lowest BCUT2D eigenvalue weighted by Crippen LogP contribution is -2.45. The van der Waals surface area contributed by atoms with Crippen LogP contribution < -0.4 is 0 Å². The van der Waals surface area contributed by atoms with Gasteiger partial charge in [0, 0.05) is 14.2 Å². The zero-order valence-electron chi connectivity index (χ0n) is 13.3. The van der Waals surface area contributed by atoms with E-state index < -0.39 is 8.56 Å².